The first-order valence-corrected chi connectivity index (χ1v) is 9.55. The second-order valence-electron chi connectivity index (χ2n) is 7.27. The quantitative estimate of drug-likeness (QED) is 0.869. The molecule has 6 nitrogen and oxygen atoms in total. The number of hydrogen-bond acceptors (Lipinski definition) is 6. The summed E-state index contributed by atoms with van der Waals surface area (Å²) in [7, 11) is 0. The highest BCUT2D eigenvalue weighted by molar-refractivity contribution is 5.76. The third-order valence-electron chi connectivity index (χ3n) is 5.31. The van der Waals surface area contributed by atoms with Gasteiger partial charge in [-0.2, -0.15) is 0 Å². The van der Waals surface area contributed by atoms with Crippen LogP contribution in [0.15, 0.2) is 30.5 Å². The lowest BCUT2D eigenvalue weighted by Gasteiger charge is -2.31. The molecule has 2 aliphatic heterocycles. The topological polar surface area (TPSA) is 84.5 Å². The summed E-state index contributed by atoms with van der Waals surface area (Å²) in [4.78, 5) is 11.6. The molecule has 142 valence electrons. The van der Waals surface area contributed by atoms with E-state index in [9.17, 15) is 5.11 Å². The van der Waals surface area contributed by atoms with Crippen molar-refractivity contribution >= 4 is 17.1 Å². The van der Waals surface area contributed by atoms with Gasteiger partial charge >= 0.3 is 0 Å². The van der Waals surface area contributed by atoms with E-state index in [1.807, 2.05) is 13.0 Å². The number of aliphatic hydroxyl groups is 1. The largest absolute Gasteiger partial charge is 0.397 e. The lowest BCUT2D eigenvalue weighted by Crippen LogP contribution is -2.36. The van der Waals surface area contributed by atoms with Crippen LogP contribution in [0.25, 0.3) is 16.7 Å². The number of aliphatic hydroxyl groups excluding tert-OH is 1. The van der Waals surface area contributed by atoms with Gasteiger partial charge in [0.05, 0.1) is 36.9 Å². The molecule has 0 radical (unpaired) electrons. The number of anilines is 2. The molecule has 3 N–H and O–H groups in total. The van der Waals surface area contributed by atoms with Gasteiger partial charge in [-0.05, 0) is 55.5 Å². The van der Waals surface area contributed by atoms with Crippen LogP contribution in [0.4, 0.5) is 11.5 Å². The summed E-state index contributed by atoms with van der Waals surface area (Å²) in [6, 6.07) is 6.22. The number of aryl methyl sites for hydroxylation is 1. The van der Waals surface area contributed by atoms with E-state index < -0.39 is 0 Å². The predicted octanol–water partition coefficient (Wildman–Crippen LogP) is 2.80. The Kier molecular flexibility index (Phi) is 5.09. The normalized spacial score (nSPS) is 18.4. The monoisotopic (exact) mass is 366 g/mol. The zero-order chi connectivity index (χ0) is 18.8. The lowest BCUT2D eigenvalue weighted by molar-refractivity contribution is 0.145. The molecule has 1 saturated heterocycles. The Morgan fingerprint density at radius 1 is 1.22 bits per heavy atom. The van der Waals surface area contributed by atoms with Gasteiger partial charge in [0.1, 0.15) is 5.82 Å². The van der Waals surface area contributed by atoms with Crippen molar-refractivity contribution in [1.82, 2.24) is 9.97 Å². The molecule has 2 aromatic rings. The maximum absolute atomic E-state index is 9.84. The Bertz CT molecular complexity index is 857. The van der Waals surface area contributed by atoms with Gasteiger partial charge in [-0.15, -0.1) is 0 Å². The fraction of sp³-hybridized carbons (Fsp3) is 0.429. The molecule has 4 heterocycles. The van der Waals surface area contributed by atoms with Crippen LogP contribution in [-0.2, 0) is 4.74 Å². The van der Waals surface area contributed by atoms with Crippen LogP contribution in [0, 0.1) is 6.92 Å². The smallest absolute Gasteiger partial charge is 0.129 e. The lowest BCUT2D eigenvalue weighted by atomic mass is 9.99. The summed E-state index contributed by atoms with van der Waals surface area (Å²) in [5, 5.41) is 9.84. The fourth-order valence-electron chi connectivity index (χ4n) is 3.69. The van der Waals surface area contributed by atoms with E-state index in [4.69, 9.17) is 15.5 Å². The molecule has 2 aromatic heterocycles. The zero-order valence-corrected chi connectivity index (χ0v) is 15.7. The second kappa shape index (κ2) is 7.66. The SMILES string of the molecule is Cc1ncc(N)cc1-c1cc(C2=CCOCC2)nc(N2CCC(O)CC2)c1. The number of ether oxygens (including phenoxy) is 1. The Morgan fingerprint density at radius 2 is 2.04 bits per heavy atom. The Hall–Kier alpha value is -2.44. The van der Waals surface area contributed by atoms with Crippen LogP contribution in [0.5, 0.6) is 0 Å². The Balaban J connectivity index is 1.79. The second-order valence-corrected chi connectivity index (χ2v) is 7.27. The summed E-state index contributed by atoms with van der Waals surface area (Å²) in [5.74, 6) is 0.948. The van der Waals surface area contributed by atoms with E-state index in [2.05, 4.69) is 28.1 Å². The predicted molar refractivity (Wildman–Crippen MR) is 107 cm³/mol. The number of nitrogens with zero attached hydrogens (tertiary/aromatic N) is 3. The molecule has 0 amide bonds. The van der Waals surface area contributed by atoms with Gasteiger partial charge in [-0.1, -0.05) is 6.08 Å². The molecule has 0 spiro atoms. The van der Waals surface area contributed by atoms with Gasteiger partial charge in [0.2, 0.25) is 0 Å². The minimum absolute atomic E-state index is 0.206. The molecule has 0 aromatic carbocycles. The summed E-state index contributed by atoms with van der Waals surface area (Å²) in [5.41, 5.74) is 11.9. The number of piperidine rings is 1. The molecule has 0 bridgehead atoms. The van der Waals surface area contributed by atoms with Crippen LogP contribution in [0.3, 0.4) is 0 Å². The first kappa shape index (κ1) is 17.9. The minimum Gasteiger partial charge on any atom is -0.397 e. The molecule has 2 aliphatic rings. The highest BCUT2D eigenvalue weighted by Gasteiger charge is 2.20. The van der Waals surface area contributed by atoms with E-state index >= 15 is 0 Å². The molecule has 27 heavy (non-hydrogen) atoms. The van der Waals surface area contributed by atoms with Crippen LogP contribution >= 0.6 is 0 Å². The molecular weight excluding hydrogens is 340 g/mol. The van der Waals surface area contributed by atoms with Gasteiger partial charge in [0.15, 0.2) is 0 Å². The van der Waals surface area contributed by atoms with Crippen LogP contribution in [-0.4, -0.2) is 47.5 Å². The highest BCUT2D eigenvalue weighted by Crippen LogP contribution is 2.32. The number of hydrogen-bond donors (Lipinski definition) is 2. The first-order chi connectivity index (χ1) is 13.1. The molecule has 0 aliphatic carbocycles. The third kappa shape index (κ3) is 3.96. The summed E-state index contributed by atoms with van der Waals surface area (Å²) in [6.45, 7) is 4.98. The van der Waals surface area contributed by atoms with Crippen molar-refractivity contribution in [3.63, 3.8) is 0 Å². The molecule has 4 rings (SSSR count). The maximum Gasteiger partial charge on any atom is 0.129 e. The molecular formula is C21H26N4O2. The van der Waals surface area contributed by atoms with E-state index in [1.54, 1.807) is 6.20 Å². The molecule has 0 saturated carbocycles. The van der Waals surface area contributed by atoms with Crippen molar-refractivity contribution in [3.8, 4) is 11.1 Å². The molecule has 0 unspecified atom stereocenters. The van der Waals surface area contributed by atoms with E-state index in [-0.39, 0.29) is 6.10 Å². The van der Waals surface area contributed by atoms with Gasteiger partial charge in [-0.3, -0.25) is 4.98 Å². The molecule has 1 fully saturated rings. The van der Waals surface area contributed by atoms with Crippen molar-refractivity contribution in [2.75, 3.05) is 36.9 Å². The van der Waals surface area contributed by atoms with E-state index in [1.165, 1.54) is 5.57 Å². The zero-order valence-electron chi connectivity index (χ0n) is 15.7. The van der Waals surface area contributed by atoms with Crippen LogP contribution in [0.1, 0.15) is 30.7 Å². The van der Waals surface area contributed by atoms with Crippen molar-refractivity contribution < 1.29 is 9.84 Å². The Morgan fingerprint density at radius 3 is 2.78 bits per heavy atom. The number of pyridine rings is 2. The fourth-order valence-corrected chi connectivity index (χ4v) is 3.69. The van der Waals surface area contributed by atoms with Crippen LogP contribution < -0.4 is 10.6 Å². The van der Waals surface area contributed by atoms with Crippen molar-refractivity contribution in [2.45, 2.75) is 32.3 Å². The van der Waals surface area contributed by atoms with E-state index in [0.29, 0.717) is 12.3 Å². The van der Waals surface area contributed by atoms with Crippen molar-refractivity contribution in [1.29, 1.82) is 0 Å². The standard InChI is InChI=1S/C21H26N4O2/c1-14-19(12-17(22)13-23-14)16-10-20(15-4-8-27-9-5-15)24-21(11-16)25-6-2-18(26)3-7-25/h4,10-13,18,26H,2-3,5-9,22H2,1H3. The minimum atomic E-state index is -0.206. The average Bonchev–Trinajstić information content (AvgIpc) is 2.70. The van der Waals surface area contributed by atoms with Gasteiger partial charge in [-0.25, -0.2) is 4.98 Å². The highest BCUT2D eigenvalue weighted by atomic mass is 16.5. The van der Waals surface area contributed by atoms with Gasteiger partial charge in [0, 0.05) is 24.3 Å². The number of rotatable bonds is 3. The van der Waals surface area contributed by atoms with Crippen molar-refractivity contribution in [2.24, 2.45) is 0 Å². The maximum atomic E-state index is 9.84. The Labute approximate surface area is 159 Å². The van der Waals surface area contributed by atoms with Gasteiger partial charge in [0.25, 0.3) is 0 Å². The van der Waals surface area contributed by atoms with E-state index in [0.717, 1.165) is 67.3 Å². The average molecular weight is 366 g/mol. The summed E-state index contributed by atoms with van der Waals surface area (Å²) < 4.78 is 5.46. The summed E-state index contributed by atoms with van der Waals surface area (Å²) in [6.07, 6.45) is 6.01. The van der Waals surface area contributed by atoms with Gasteiger partial charge < -0.3 is 20.5 Å². The van der Waals surface area contributed by atoms with Crippen molar-refractivity contribution in [3.05, 3.63) is 41.9 Å². The number of nitrogens with two attached hydrogens (primary N) is 1. The first-order valence-electron chi connectivity index (χ1n) is 9.55. The molecule has 6 heteroatoms. The number of nitrogen functional groups attached to an aromatic ring is 1. The number of aromatic nitrogens is 2. The third-order valence-corrected chi connectivity index (χ3v) is 5.31. The van der Waals surface area contributed by atoms with Crippen LogP contribution in [0.2, 0.25) is 0 Å². The summed E-state index contributed by atoms with van der Waals surface area (Å²) >= 11 is 0. The molecule has 0 atom stereocenters.